The molecule has 158 valence electrons. The minimum absolute atomic E-state index is 0.0952. The Kier molecular flexibility index (Phi) is 6.56. The molecule has 0 spiro atoms. The zero-order valence-corrected chi connectivity index (χ0v) is 17.6. The Morgan fingerprint density at radius 1 is 1.07 bits per heavy atom. The second kappa shape index (κ2) is 9.13. The monoisotopic (exact) mass is 429 g/mol. The van der Waals surface area contributed by atoms with Crippen LogP contribution in [0.1, 0.15) is 29.8 Å². The average Bonchev–Trinajstić information content (AvgIpc) is 2.72. The van der Waals surface area contributed by atoms with E-state index in [-0.39, 0.29) is 28.9 Å². The van der Waals surface area contributed by atoms with Crippen molar-refractivity contribution in [3.8, 4) is 0 Å². The highest BCUT2D eigenvalue weighted by molar-refractivity contribution is 8.00. The van der Waals surface area contributed by atoms with Crippen molar-refractivity contribution in [3.05, 3.63) is 71.5 Å². The lowest BCUT2D eigenvalue weighted by Crippen LogP contribution is -2.28. The first-order chi connectivity index (χ1) is 14.3. The van der Waals surface area contributed by atoms with Gasteiger partial charge >= 0.3 is 5.97 Å². The highest BCUT2D eigenvalue weighted by Crippen LogP contribution is 2.30. The van der Waals surface area contributed by atoms with Gasteiger partial charge in [0.05, 0.1) is 17.9 Å². The Hall–Kier alpha value is -3.13. The minimum Gasteiger partial charge on any atom is -0.486 e. The van der Waals surface area contributed by atoms with Crippen molar-refractivity contribution in [2.75, 3.05) is 24.3 Å². The molecule has 30 heavy (non-hydrogen) atoms. The second-order valence-electron chi connectivity index (χ2n) is 7.22. The lowest BCUT2D eigenvalue weighted by molar-refractivity contribution is -0.115. The predicted octanol–water partition coefficient (Wildman–Crippen LogP) is 3.25. The maximum atomic E-state index is 12.8. The zero-order chi connectivity index (χ0) is 21.7. The summed E-state index contributed by atoms with van der Waals surface area (Å²) >= 11 is 0. The highest BCUT2D eigenvalue weighted by atomic mass is 32.2. The van der Waals surface area contributed by atoms with Crippen molar-refractivity contribution in [1.82, 2.24) is 0 Å². The van der Waals surface area contributed by atoms with E-state index in [1.165, 1.54) is 12.1 Å². The molecule has 1 aliphatic rings. The number of benzene rings is 2. The molecule has 1 N–H and O–H groups in total. The highest BCUT2D eigenvalue weighted by Gasteiger charge is 2.33. The molecule has 2 aromatic rings. The van der Waals surface area contributed by atoms with Gasteiger partial charge in [0.25, 0.3) is 5.91 Å². The van der Waals surface area contributed by atoms with Gasteiger partial charge in [-0.25, -0.2) is 13.2 Å². The van der Waals surface area contributed by atoms with E-state index in [1.54, 1.807) is 42.5 Å². The molecule has 0 fully saturated rings. The third kappa shape index (κ3) is 5.07. The standard InChI is InChI=1S/C22H23NO6S/c1-15(2)14-29-22(25)17-8-10-18(11-9-17)23-21(24)19-20(16-6-4-3-5-7-16)30(26,27)13-12-28-19/h3-11,15H,12-14H2,1-2H3,(H,23,24). The zero-order valence-electron chi connectivity index (χ0n) is 16.8. The van der Waals surface area contributed by atoms with Crippen LogP contribution in [0.25, 0.3) is 4.91 Å². The van der Waals surface area contributed by atoms with Crippen LogP contribution in [0.3, 0.4) is 0 Å². The predicted molar refractivity (Wildman–Crippen MR) is 113 cm³/mol. The molecule has 0 aromatic heterocycles. The Labute approximate surface area is 175 Å². The summed E-state index contributed by atoms with van der Waals surface area (Å²) in [7, 11) is -3.66. The topological polar surface area (TPSA) is 98.8 Å². The summed E-state index contributed by atoms with van der Waals surface area (Å²) in [5.74, 6) is -1.33. The number of carbonyl (C=O) groups excluding carboxylic acids is 2. The van der Waals surface area contributed by atoms with Gasteiger partial charge < -0.3 is 14.8 Å². The Morgan fingerprint density at radius 2 is 1.73 bits per heavy atom. The molecule has 0 radical (unpaired) electrons. The number of carbonyl (C=O) groups is 2. The van der Waals surface area contributed by atoms with Crippen molar-refractivity contribution < 1.29 is 27.5 Å². The first-order valence-electron chi connectivity index (χ1n) is 9.51. The Bertz CT molecular complexity index is 1060. The Morgan fingerprint density at radius 3 is 2.37 bits per heavy atom. The molecule has 1 heterocycles. The normalized spacial score (nSPS) is 15.4. The summed E-state index contributed by atoms with van der Waals surface area (Å²) in [5.41, 5.74) is 1.15. The maximum absolute atomic E-state index is 12.8. The lowest BCUT2D eigenvalue weighted by Gasteiger charge is -2.21. The molecular formula is C22H23NO6S. The fraction of sp³-hybridized carbons (Fsp3) is 0.273. The van der Waals surface area contributed by atoms with E-state index in [1.807, 2.05) is 13.8 Å². The van der Waals surface area contributed by atoms with Crippen LogP contribution in [0.5, 0.6) is 0 Å². The third-order valence-corrected chi connectivity index (χ3v) is 6.03. The number of ether oxygens (including phenoxy) is 2. The molecule has 8 heteroatoms. The van der Waals surface area contributed by atoms with Crippen molar-refractivity contribution in [2.45, 2.75) is 13.8 Å². The number of esters is 1. The van der Waals surface area contributed by atoms with Gasteiger partial charge in [-0.2, -0.15) is 0 Å². The minimum atomic E-state index is -3.66. The van der Waals surface area contributed by atoms with Crippen LogP contribution < -0.4 is 5.32 Å². The van der Waals surface area contributed by atoms with Crippen LogP contribution in [0.15, 0.2) is 60.4 Å². The van der Waals surface area contributed by atoms with Gasteiger partial charge in [-0.05, 0) is 35.7 Å². The summed E-state index contributed by atoms with van der Waals surface area (Å²) in [5, 5.41) is 2.63. The Balaban J connectivity index is 1.82. The molecular weight excluding hydrogens is 406 g/mol. The molecule has 1 amide bonds. The van der Waals surface area contributed by atoms with E-state index >= 15 is 0 Å². The summed E-state index contributed by atoms with van der Waals surface area (Å²) in [6.07, 6.45) is 0. The van der Waals surface area contributed by atoms with Crippen LogP contribution in [-0.4, -0.2) is 39.3 Å². The van der Waals surface area contributed by atoms with E-state index in [9.17, 15) is 18.0 Å². The number of amides is 1. The second-order valence-corrected chi connectivity index (χ2v) is 9.26. The SMILES string of the molecule is CC(C)COC(=O)c1ccc(NC(=O)C2=C(c3ccccc3)S(=O)(=O)CCO2)cc1. The van der Waals surface area contributed by atoms with E-state index in [0.717, 1.165) is 0 Å². The fourth-order valence-corrected chi connectivity index (χ4v) is 4.27. The van der Waals surface area contributed by atoms with Crippen molar-refractivity contribution >= 4 is 32.3 Å². The molecule has 0 saturated heterocycles. The first-order valence-corrected chi connectivity index (χ1v) is 11.2. The summed E-state index contributed by atoms with van der Waals surface area (Å²) < 4.78 is 35.8. The van der Waals surface area contributed by atoms with Gasteiger partial charge in [0.1, 0.15) is 11.5 Å². The quantitative estimate of drug-likeness (QED) is 0.708. The molecule has 0 bridgehead atoms. The van der Waals surface area contributed by atoms with E-state index in [4.69, 9.17) is 9.47 Å². The van der Waals surface area contributed by atoms with Gasteiger partial charge in [-0.3, -0.25) is 4.79 Å². The molecule has 0 atom stereocenters. The van der Waals surface area contributed by atoms with Gasteiger partial charge in [-0.1, -0.05) is 44.2 Å². The van der Waals surface area contributed by atoms with Gasteiger partial charge in [0, 0.05) is 5.69 Å². The smallest absolute Gasteiger partial charge is 0.338 e. The third-order valence-electron chi connectivity index (χ3n) is 4.28. The molecule has 0 unspecified atom stereocenters. The van der Waals surface area contributed by atoms with Gasteiger partial charge in [0.15, 0.2) is 9.84 Å². The van der Waals surface area contributed by atoms with Crippen LogP contribution in [0.2, 0.25) is 0 Å². The lowest BCUT2D eigenvalue weighted by atomic mass is 10.2. The molecule has 2 aromatic carbocycles. The summed E-state index contributed by atoms with van der Waals surface area (Å²) in [6, 6.07) is 14.5. The molecule has 0 saturated carbocycles. The fourth-order valence-electron chi connectivity index (χ4n) is 2.83. The van der Waals surface area contributed by atoms with Crippen molar-refractivity contribution in [1.29, 1.82) is 0 Å². The number of nitrogens with one attached hydrogen (secondary N) is 1. The molecule has 7 nitrogen and oxygen atoms in total. The maximum Gasteiger partial charge on any atom is 0.338 e. The number of anilines is 1. The van der Waals surface area contributed by atoms with Gasteiger partial charge in [0.2, 0.25) is 5.76 Å². The molecule has 1 aliphatic heterocycles. The van der Waals surface area contributed by atoms with Crippen LogP contribution in [-0.2, 0) is 24.1 Å². The summed E-state index contributed by atoms with van der Waals surface area (Å²) in [4.78, 5) is 24.7. The van der Waals surface area contributed by atoms with Crippen molar-refractivity contribution in [2.24, 2.45) is 5.92 Å². The van der Waals surface area contributed by atoms with Crippen LogP contribution in [0.4, 0.5) is 5.69 Å². The van der Waals surface area contributed by atoms with Crippen molar-refractivity contribution in [3.63, 3.8) is 0 Å². The van der Waals surface area contributed by atoms with E-state index < -0.39 is 21.7 Å². The number of sulfone groups is 1. The number of rotatable bonds is 6. The van der Waals surface area contributed by atoms with Gasteiger partial charge in [-0.15, -0.1) is 0 Å². The van der Waals surface area contributed by atoms with E-state index in [0.29, 0.717) is 23.4 Å². The first kappa shape index (κ1) is 21.6. The molecule has 3 rings (SSSR count). The van der Waals surface area contributed by atoms with Crippen LogP contribution in [0, 0.1) is 5.92 Å². The molecule has 0 aliphatic carbocycles. The van der Waals surface area contributed by atoms with Crippen LogP contribution >= 0.6 is 0 Å². The summed E-state index contributed by atoms with van der Waals surface area (Å²) in [6.45, 7) is 4.11. The number of hydrogen-bond donors (Lipinski definition) is 1. The average molecular weight is 429 g/mol. The van der Waals surface area contributed by atoms with E-state index in [2.05, 4.69) is 5.32 Å². The largest absolute Gasteiger partial charge is 0.486 e. The number of hydrogen-bond acceptors (Lipinski definition) is 6.